The molecule has 0 spiro atoms. The first kappa shape index (κ1) is 24.8. The minimum absolute atomic E-state index is 0.00346. The maximum absolute atomic E-state index is 13.2. The maximum Gasteiger partial charge on any atom is 0.282 e. The SMILES string of the molecule is COc1ccc(-c2csc(CC(=O)CSc3nc4nccnc4c(=O)n3CCc3ccccc3)n2)cc1. The normalized spacial score (nSPS) is 11.1. The van der Waals surface area contributed by atoms with Crippen LogP contribution in [0.1, 0.15) is 10.6 Å². The minimum Gasteiger partial charge on any atom is -0.497 e. The van der Waals surface area contributed by atoms with Crippen LogP contribution >= 0.6 is 23.1 Å². The molecule has 0 atom stereocenters. The summed E-state index contributed by atoms with van der Waals surface area (Å²) in [6, 6.07) is 17.6. The molecule has 10 heteroatoms. The molecule has 0 saturated carbocycles. The van der Waals surface area contributed by atoms with Gasteiger partial charge in [-0.1, -0.05) is 42.1 Å². The van der Waals surface area contributed by atoms with E-state index in [4.69, 9.17) is 4.74 Å². The average molecular weight is 530 g/mol. The summed E-state index contributed by atoms with van der Waals surface area (Å²) in [5.74, 6) is 0.951. The Hall–Kier alpha value is -3.89. The smallest absolute Gasteiger partial charge is 0.282 e. The Bertz CT molecular complexity index is 1580. The van der Waals surface area contributed by atoms with Gasteiger partial charge in [-0.25, -0.2) is 19.9 Å². The molecule has 0 N–H and O–H groups in total. The highest BCUT2D eigenvalue weighted by molar-refractivity contribution is 7.99. The Morgan fingerprint density at radius 3 is 2.59 bits per heavy atom. The summed E-state index contributed by atoms with van der Waals surface area (Å²) < 4.78 is 6.80. The van der Waals surface area contributed by atoms with Crippen molar-refractivity contribution < 1.29 is 9.53 Å². The predicted octanol–water partition coefficient (Wildman–Crippen LogP) is 4.47. The lowest BCUT2D eigenvalue weighted by molar-refractivity contribution is -0.116. The number of thioether (sulfide) groups is 1. The number of hydrogen-bond acceptors (Lipinski definition) is 9. The highest BCUT2D eigenvalue weighted by atomic mass is 32.2. The minimum atomic E-state index is -0.256. The van der Waals surface area contributed by atoms with Crippen LogP contribution in [-0.2, 0) is 24.2 Å². The van der Waals surface area contributed by atoms with E-state index >= 15 is 0 Å². The van der Waals surface area contributed by atoms with Crippen molar-refractivity contribution >= 4 is 40.0 Å². The van der Waals surface area contributed by atoms with Gasteiger partial charge in [0, 0.05) is 29.9 Å². The van der Waals surface area contributed by atoms with Crippen molar-refractivity contribution in [3.63, 3.8) is 0 Å². The number of rotatable bonds is 10. The molecule has 37 heavy (non-hydrogen) atoms. The van der Waals surface area contributed by atoms with Crippen LogP contribution in [0.15, 0.2) is 82.3 Å². The van der Waals surface area contributed by atoms with Gasteiger partial charge in [-0.05, 0) is 36.2 Å². The zero-order valence-corrected chi connectivity index (χ0v) is 21.7. The number of hydrogen-bond donors (Lipinski definition) is 0. The van der Waals surface area contributed by atoms with Crippen LogP contribution in [0.2, 0.25) is 0 Å². The van der Waals surface area contributed by atoms with E-state index in [-0.39, 0.29) is 34.7 Å². The fraction of sp³-hybridized carbons (Fsp3) is 0.185. The maximum atomic E-state index is 13.2. The van der Waals surface area contributed by atoms with Gasteiger partial charge in [-0.15, -0.1) is 11.3 Å². The van der Waals surface area contributed by atoms with Gasteiger partial charge in [0.2, 0.25) is 0 Å². The second-order valence-corrected chi connectivity index (χ2v) is 10.1. The number of benzene rings is 2. The molecule has 8 nitrogen and oxygen atoms in total. The van der Waals surface area contributed by atoms with E-state index < -0.39 is 0 Å². The van der Waals surface area contributed by atoms with E-state index in [1.807, 2.05) is 60.0 Å². The molecular weight excluding hydrogens is 506 g/mol. The van der Waals surface area contributed by atoms with E-state index in [1.54, 1.807) is 11.7 Å². The molecule has 2 aromatic carbocycles. The monoisotopic (exact) mass is 529 g/mol. The second kappa shape index (κ2) is 11.4. The lowest BCUT2D eigenvalue weighted by Gasteiger charge is -2.12. The molecule has 0 unspecified atom stereocenters. The van der Waals surface area contributed by atoms with Crippen molar-refractivity contribution in [2.24, 2.45) is 0 Å². The first-order valence-electron chi connectivity index (χ1n) is 11.6. The Labute approximate surface area is 221 Å². The molecule has 186 valence electrons. The first-order valence-corrected chi connectivity index (χ1v) is 13.5. The summed E-state index contributed by atoms with van der Waals surface area (Å²) in [7, 11) is 1.63. The zero-order valence-electron chi connectivity index (χ0n) is 20.0. The number of ether oxygens (including phenoxy) is 1. The second-order valence-electron chi connectivity index (χ2n) is 8.17. The molecule has 0 aliphatic heterocycles. The van der Waals surface area contributed by atoms with Crippen LogP contribution in [0.5, 0.6) is 5.75 Å². The van der Waals surface area contributed by atoms with Crippen LogP contribution < -0.4 is 10.3 Å². The number of thiazole rings is 1. The molecule has 0 fully saturated rings. The van der Waals surface area contributed by atoms with E-state index in [0.717, 1.165) is 27.6 Å². The average Bonchev–Trinajstić information content (AvgIpc) is 3.40. The summed E-state index contributed by atoms with van der Waals surface area (Å²) in [5.41, 5.74) is 3.15. The van der Waals surface area contributed by atoms with Crippen LogP contribution in [-0.4, -0.2) is 43.1 Å². The molecule has 3 aromatic heterocycles. The van der Waals surface area contributed by atoms with E-state index in [2.05, 4.69) is 19.9 Å². The number of Topliss-reactive ketones (excluding diaryl/α,β-unsaturated/α-hetero) is 1. The fourth-order valence-corrected chi connectivity index (χ4v) is 5.48. The van der Waals surface area contributed by atoms with Gasteiger partial charge < -0.3 is 4.74 Å². The summed E-state index contributed by atoms with van der Waals surface area (Å²) in [6.07, 6.45) is 3.86. The van der Waals surface area contributed by atoms with Gasteiger partial charge in [0.15, 0.2) is 16.3 Å². The van der Waals surface area contributed by atoms with Gasteiger partial charge in [0.25, 0.3) is 5.56 Å². The van der Waals surface area contributed by atoms with Crippen molar-refractivity contribution in [1.82, 2.24) is 24.5 Å². The van der Waals surface area contributed by atoms with Crippen LogP contribution in [0.25, 0.3) is 22.4 Å². The van der Waals surface area contributed by atoms with Gasteiger partial charge in [-0.2, -0.15) is 0 Å². The zero-order chi connectivity index (χ0) is 25.6. The van der Waals surface area contributed by atoms with E-state index in [9.17, 15) is 9.59 Å². The molecule has 0 aliphatic rings. The quantitative estimate of drug-likeness (QED) is 0.193. The summed E-state index contributed by atoms with van der Waals surface area (Å²) in [4.78, 5) is 43.6. The highest BCUT2D eigenvalue weighted by Crippen LogP contribution is 2.25. The van der Waals surface area contributed by atoms with Crippen molar-refractivity contribution in [2.45, 2.75) is 24.5 Å². The molecule has 0 amide bonds. The summed E-state index contributed by atoms with van der Waals surface area (Å²) in [5, 5.41) is 3.15. The number of carbonyl (C=O) groups excluding carboxylic acids is 1. The number of carbonyl (C=O) groups is 1. The topological polar surface area (TPSA) is 99.9 Å². The van der Waals surface area contributed by atoms with Crippen molar-refractivity contribution in [2.75, 3.05) is 12.9 Å². The van der Waals surface area contributed by atoms with Crippen molar-refractivity contribution in [1.29, 1.82) is 0 Å². The van der Waals surface area contributed by atoms with Crippen LogP contribution in [0.4, 0.5) is 0 Å². The van der Waals surface area contributed by atoms with Gasteiger partial charge in [0.1, 0.15) is 16.5 Å². The predicted molar refractivity (Wildman–Crippen MR) is 145 cm³/mol. The van der Waals surface area contributed by atoms with Gasteiger partial charge in [0.05, 0.1) is 25.0 Å². The largest absolute Gasteiger partial charge is 0.497 e. The molecular formula is C27H23N5O3S2. The van der Waals surface area contributed by atoms with Crippen molar-refractivity contribution in [3.8, 4) is 17.0 Å². The van der Waals surface area contributed by atoms with Gasteiger partial charge in [-0.3, -0.25) is 14.2 Å². The number of methoxy groups -OCH3 is 1. The van der Waals surface area contributed by atoms with Crippen LogP contribution in [0.3, 0.4) is 0 Å². The molecule has 0 bridgehead atoms. The van der Waals surface area contributed by atoms with Crippen LogP contribution in [0, 0.1) is 0 Å². The Morgan fingerprint density at radius 2 is 1.81 bits per heavy atom. The Kier molecular flexibility index (Phi) is 7.67. The lowest BCUT2D eigenvalue weighted by Crippen LogP contribution is -2.25. The summed E-state index contributed by atoms with van der Waals surface area (Å²) in [6.45, 7) is 0.427. The lowest BCUT2D eigenvalue weighted by atomic mass is 10.1. The number of aryl methyl sites for hydroxylation is 1. The Balaban J connectivity index is 1.30. The third kappa shape index (κ3) is 5.92. The molecule has 5 rings (SSSR count). The number of aromatic nitrogens is 5. The Morgan fingerprint density at radius 1 is 1.03 bits per heavy atom. The molecule has 0 aliphatic carbocycles. The van der Waals surface area contributed by atoms with E-state index in [1.165, 1.54) is 35.5 Å². The molecule has 0 saturated heterocycles. The van der Waals surface area contributed by atoms with E-state index in [0.29, 0.717) is 18.1 Å². The third-order valence-electron chi connectivity index (χ3n) is 5.67. The van der Waals surface area contributed by atoms with Crippen molar-refractivity contribution in [3.05, 3.63) is 93.3 Å². The standard InChI is InChI=1S/C27H23N5O3S2/c1-35-21-9-7-19(8-10-21)22-17-36-23(30-22)15-20(33)16-37-27-31-25-24(28-12-13-29-25)26(34)32(27)14-11-18-5-3-2-4-6-18/h2-10,12-13,17H,11,14-16H2,1H3. The summed E-state index contributed by atoms with van der Waals surface area (Å²) >= 11 is 2.70. The number of nitrogens with zero attached hydrogens (tertiary/aromatic N) is 5. The number of fused-ring (bicyclic) bond motifs is 1. The molecule has 5 aromatic rings. The molecule has 0 radical (unpaired) electrons. The molecule has 3 heterocycles. The third-order valence-corrected chi connectivity index (χ3v) is 7.56. The number of ketones is 1. The van der Waals surface area contributed by atoms with Gasteiger partial charge >= 0.3 is 0 Å². The fourth-order valence-electron chi connectivity index (χ4n) is 3.77. The highest BCUT2D eigenvalue weighted by Gasteiger charge is 2.16. The first-order chi connectivity index (χ1) is 18.1.